The molecule has 3 radical (unpaired) electrons. The predicted molar refractivity (Wildman–Crippen MR) is 44.8 cm³/mol. The van der Waals surface area contributed by atoms with Gasteiger partial charge in [0.05, 0.1) is 0 Å². The SMILES string of the molecule is CC(=O)N[C@@H](CS)C(=O)O.[Al]. The number of carbonyl (C=O) groups is 2. The van der Waals surface area contributed by atoms with Crippen molar-refractivity contribution in [1.82, 2.24) is 5.32 Å². The number of hydrogen-bond donors (Lipinski definition) is 3. The molecule has 0 aliphatic heterocycles. The second kappa shape index (κ2) is 6.53. The van der Waals surface area contributed by atoms with Crippen molar-refractivity contribution in [3.05, 3.63) is 0 Å². The second-order valence-corrected chi connectivity index (χ2v) is 2.14. The van der Waals surface area contributed by atoms with Gasteiger partial charge in [-0.2, -0.15) is 12.6 Å². The standard InChI is InChI=1S/C5H9NO3S.Al/c1-3(7)6-4(2-10)5(8)9;/h4,10H,2H2,1H3,(H,6,7)(H,8,9);/t4-;/m0./s1. The van der Waals surface area contributed by atoms with E-state index in [9.17, 15) is 9.59 Å². The molecule has 0 fully saturated rings. The number of nitrogens with one attached hydrogen (secondary N) is 1. The van der Waals surface area contributed by atoms with E-state index in [1.807, 2.05) is 0 Å². The number of amides is 1. The zero-order valence-corrected chi connectivity index (χ0v) is 8.12. The van der Waals surface area contributed by atoms with Gasteiger partial charge >= 0.3 is 5.97 Å². The molecular weight excluding hydrogens is 181 g/mol. The van der Waals surface area contributed by atoms with Crippen LogP contribution in [0.3, 0.4) is 0 Å². The van der Waals surface area contributed by atoms with Crippen LogP contribution in [0.1, 0.15) is 6.92 Å². The van der Waals surface area contributed by atoms with Crippen LogP contribution in [0.5, 0.6) is 0 Å². The minimum absolute atomic E-state index is 0. The third kappa shape index (κ3) is 6.23. The molecule has 0 saturated carbocycles. The van der Waals surface area contributed by atoms with Crippen LogP contribution < -0.4 is 5.32 Å². The first-order valence-corrected chi connectivity index (χ1v) is 3.32. The highest BCUT2D eigenvalue weighted by Crippen LogP contribution is 1.86. The largest absolute Gasteiger partial charge is 0.480 e. The zero-order chi connectivity index (χ0) is 8.15. The molecule has 0 aliphatic rings. The van der Waals surface area contributed by atoms with E-state index in [-0.39, 0.29) is 29.0 Å². The Labute approximate surface area is 80.9 Å². The lowest BCUT2D eigenvalue weighted by molar-refractivity contribution is -0.140. The molecule has 0 heterocycles. The van der Waals surface area contributed by atoms with Gasteiger partial charge in [0, 0.05) is 30.0 Å². The summed E-state index contributed by atoms with van der Waals surface area (Å²) in [7, 11) is 0. The van der Waals surface area contributed by atoms with Gasteiger partial charge in [0.25, 0.3) is 0 Å². The molecule has 0 aromatic heterocycles. The Bertz CT molecular complexity index is 153. The molecule has 0 saturated heterocycles. The van der Waals surface area contributed by atoms with Crippen molar-refractivity contribution in [2.75, 3.05) is 5.75 Å². The maximum absolute atomic E-state index is 10.3. The number of carboxylic acid groups (broad SMARTS) is 1. The molecule has 6 heteroatoms. The molecule has 0 aromatic rings. The van der Waals surface area contributed by atoms with Gasteiger partial charge in [-0.05, 0) is 0 Å². The van der Waals surface area contributed by atoms with Crippen molar-refractivity contribution >= 4 is 41.9 Å². The summed E-state index contributed by atoms with van der Waals surface area (Å²) in [5.74, 6) is -1.32. The van der Waals surface area contributed by atoms with Gasteiger partial charge in [0.2, 0.25) is 5.91 Å². The summed E-state index contributed by atoms with van der Waals surface area (Å²) < 4.78 is 0. The first-order chi connectivity index (χ1) is 4.57. The average Bonchev–Trinajstić information content (AvgIpc) is 1.81. The highest BCUT2D eigenvalue weighted by atomic mass is 32.1. The third-order valence-corrected chi connectivity index (χ3v) is 1.22. The first-order valence-electron chi connectivity index (χ1n) is 2.68. The van der Waals surface area contributed by atoms with Crippen LogP contribution in [0.15, 0.2) is 0 Å². The summed E-state index contributed by atoms with van der Waals surface area (Å²) >= 11 is 3.73. The summed E-state index contributed by atoms with van der Waals surface area (Å²) in [5, 5.41) is 10.6. The normalized spacial score (nSPS) is 11.1. The van der Waals surface area contributed by atoms with Crippen LogP contribution in [0.2, 0.25) is 0 Å². The molecule has 2 N–H and O–H groups in total. The Hall–Kier alpha value is -0.178. The predicted octanol–water partition coefficient (Wildman–Crippen LogP) is -0.875. The third-order valence-electron chi connectivity index (χ3n) is 0.858. The van der Waals surface area contributed by atoms with Gasteiger partial charge in [0.1, 0.15) is 6.04 Å². The topological polar surface area (TPSA) is 66.4 Å². The van der Waals surface area contributed by atoms with Gasteiger partial charge in [-0.1, -0.05) is 0 Å². The highest BCUT2D eigenvalue weighted by molar-refractivity contribution is 7.80. The molecule has 0 unspecified atom stereocenters. The number of rotatable bonds is 3. The van der Waals surface area contributed by atoms with Gasteiger partial charge < -0.3 is 10.4 Å². The van der Waals surface area contributed by atoms with Crippen molar-refractivity contribution in [3.8, 4) is 0 Å². The fraction of sp³-hybridized carbons (Fsp3) is 0.600. The van der Waals surface area contributed by atoms with Gasteiger partial charge in [-0.3, -0.25) is 4.79 Å². The Kier molecular flexibility index (Phi) is 7.96. The van der Waals surface area contributed by atoms with Crippen LogP contribution in [0.4, 0.5) is 0 Å². The van der Waals surface area contributed by atoms with Crippen molar-refractivity contribution in [1.29, 1.82) is 0 Å². The zero-order valence-electron chi connectivity index (χ0n) is 6.07. The van der Waals surface area contributed by atoms with E-state index in [0.29, 0.717) is 0 Å². The maximum atomic E-state index is 10.3. The lowest BCUT2D eigenvalue weighted by Crippen LogP contribution is -2.40. The summed E-state index contributed by atoms with van der Waals surface area (Å²) in [6.07, 6.45) is 0. The summed E-state index contributed by atoms with van der Waals surface area (Å²) in [6, 6.07) is -0.874. The van der Waals surface area contributed by atoms with E-state index in [0.717, 1.165) is 0 Å². The fourth-order valence-corrected chi connectivity index (χ4v) is 0.678. The minimum Gasteiger partial charge on any atom is -0.480 e. The number of carboxylic acids is 1. The summed E-state index contributed by atoms with van der Waals surface area (Å²) in [5.41, 5.74) is 0. The second-order valence-electron chi connectivity index (χ2n) is 1.77. The quantitative estimate of drug-likeness (QED) is 0.400. The van der Waals surface area contributed by atoms with E-state index in [1.165, 1.54) is 6.92 Å². The van der Waals surface area contributed by atoms with E-state index >= 15 is 0 Å². The highest BCUT2D eigenvalue weighted by Gasteiger charge is 2.14. The number of hydrogen-bond acceptors (Lipinski definition) is 3. The molecule has 61 valence electrons. The van der Waals surface area contributed by atoms with Gasteiger partial charge in [0.15, 0.2) is 0 Å². The lowest BCUT2D eigenvalue weighted by Gasteiger charge is -2.08. The Morgan fingerprint density at radius 2 is 2.09 bits per heavy atom. The first kappa shape index (κ1) is 13.4. The number of aliphatic carboxylic acids is 1. The Balaban J connectivity index is 0. The molecule has 4 nitrogen and oxygen atoms in total. The van der Waals surface area contributed by atoms with Crippen LogP contribution in [-0.2, 0) is 9.59 Å². The van der Waals surface area contributed by atoms with Crippen molar-refractivity contribution in [3.63, 3.8) is 0 Å². The monoisotopic (exact) mass is 190 g/mol. The fourth-order valence-electron chi connectivity index (χ4n) is 0.431. The number of thiol groups is 1. The molecule has 1 atom stereocenters. The lowest BCUT2D eigenvalue weighted by atomic mass is 10.3. The van der Waals surface area contributed by atoms with Gasteiger partial charge in [-0.25, -0.2) is 4.79 Å². The van der Waals surface area contributed by atoms with Crippen LogP contribution in [0, 0.1) is 0 Å². The van der Waals surface area contributed by atoms with Crippen LogP contribution in [-0.4, -0.2) is 46.1 Å². The van der Waals surface area contributed by atoms with Crippen molar-refractivity contribution in [2.24, 2.45) is 0 Å². The minimum atomic E-state index is -1.06. The van der Waals surface area contributed by atoms with E-state index in [2.05, 4.69) is 17.9 Å². The van der Waals surface area contributed by atoms with Crippen LogP contribution >= 0.6 is 12.6 Å². The molecule has 0 rings (SSSR count). The van der Waals surface area contributed by atoms with E-state index in [1.54, 1.807) is 0 Å². The molecule has 1 amide bonds. The smallest absolute Gasteiger partial charge is 0.327 e. The Morgan fingerprint density at radius 1 is 1.64 bits per heavy atom. The van der Waals surface area contributed by atoms with Crippen LogP contribution in [0.25, 0.3) is 0 Å². The molecular formula is C5H9AlNO3S. The molecule has 0 aliphatic carbocycles. The molecule has 0 aromatic carbocycles. The molecule has 11 heavy (non-hydrogen) atoms. The maximum Gasteiger partial charge on any atom is 0.327 e. The Morgan fingerprint density at radius 3 is 2.18 bits per heavy atom. The number of carbonyl (C=O) groups excluding carboxylic acids is 1. The summed E-state index contributed by atoms with van der Waals surface area (Å²) in [6.45, 7) is 1.26. The van der Waals surface area contributed by atoms with Crippen molar-refractivity contribution < 1.29 is 14.7 Å². The molecule has 0 bridgehead atoms. The van der Waals surface area contributed by atoms with Gasteiger partial charge in [-0.15, -0.1) is 0 Å². The van der Waals surface area contributed by atoms with E-state index < -0.39 is 12.0 Å². The average molecular weight is 190 g/mol. The summed E-state index contributed by atoms with van der Waals surface area (Å²) in [4.78, 5) is 20.5. The molecule has 0 spiro atoms. The van der Waals surface area contributed by atoms with E-state index in [4.69, 9.17) is 5.11 Å². The van der Waals surface area contributed by atoms with Crippen molar-refractivity contribution in [2.45, 2.75) is 13.0 Å².